The molecule has 1 fully saturated rings. The first-order chi connectivity index (χ1) is 11.3. The fourth-order valence-corrected chi connectivity index (χ4v) is 3.67. The molecule has 0 N–H and O–H groups in total. The van der Waals surface area contributed by atoms with Gasteiger partial charge in [-0.3, -0.25) is 0 Å². The van der Waals surface area contributed by atoms with Crippen molar-refractivity contribution in [3.05, 3.63) is 48.3 Å². The molecule has 2 aliphatic heterocycles. The molecule has 6 nitrogen and oxygen atoms in total. The summed E-state index contributed by atoms with van der Waals surface area (Å²) in [5.74, 6) is 2.00. The summed E-state index contributed by atoms with van der Waals surface area (Å²) in [7, 11) is 0. The van der Waals surface area contributed by atoms with Crippen LogP contribution in [0.15, 0.2) is 42.7 Å². The van der Waals surface area contributed by atoms with Crippen LogP contribution in [0.2, 0.25) is 0 Å². The number of para-hydroxylation sites is 1. The van der Waals surface area contributed by atoms with Gasteiger partial charge in [0.1, 0.15) is 23.5 Å². The molecule has 23 heavy (non-hydrogen) atoms. The number of anilines is 1. The Kier molecular flexibility index (Phi) is 2.62. The molecule has 1 aromatic carbocycles. The molecule has 0 aliphatic carbocycles. The Labute approximate surface area is 133 Å². The predicted octanol–water partition coefficient (Wildman–Crippen LogP) is 2.10. The minimum Gasteiger partial charge on any atom is -0.485 e. The summed E-state index contributed by atoms with van der Waals surface area (Å²) in [4.78, 5) is 2.30. The Bertz CT molecular complexity index is 876. The highest BCUT2D eigenvalue weighted by molar-refractivity contribution is 5.47. The van der Waals surface area contributed by atoms with Crippen molar-refractivity contribution in [3.8, 4) is 5.75 Å². The third kappa shape index (κ3) is 2.05. The Morgan fingerprint density at radius 3 is 3.04 bits per heavy atom. The van der Waals surface area contributed by atoms with Crippen molar-refractivity contribution in [2.45, 2.75) is 24.9 Å². The third-order valence-electron chi connectivity index (χ3n) is 4.94. The first-order valence-electron chi connectivity index (χ1n) is 8.00. The van der Waals surface area contributed by atoms with E-state index in [1.54, 1.807) is 10.8 Å². The van der Waals surface area contributed by atoms with Crippen molar-refractivity contribution >= 4 is 11.5 Å². The Morgan fingerprint density at radius 2 is 2.04 bits per heavy atom. The topological polar surface area (TPSA) is 55.6 Å². The largest absolute Gasteiger partial charge is 0.485 e. The van der Waals surface area contributed by atoms with Crippen LogP contribution in [0, 0.1) is 0 Å². The zero-order chi connectivity index (χ0) is 15.3. The van der Waals surface area contributed by atoms with E-state index in [4.69, 9.17) is 4.74 Å². The van der Waals surface area contributed by atoms with Crippen molar-refractivity contribution in [3.63, 3.8) is 0 Å². The number of rotatable bonds is 1. The van der Waals surface area contributed by atoms with Crippen molar-refractivity contribution in [2.75, 3.05) is 18.0 Å². The van der Waals surface area contributed by atoms with E-state index in [2.05, 4.69) is 38.4 Å². The zero-order valence-electron chi connectivity index (χ0n) is 12.7. The zero-order valence-corrected chi connectivity index (χ0v) is 12.7. The standard InChI is InChI=1S/C17H17N5O/c1-2-4-14-13(3-1)7-8-17(23-14)9-10-21(11-17)16-6-5-15-19-18-12-22(15)20-16/h1-6,12H,7-11H2. The van der Waals surface area contributed by atoms with E-state index >= 15 is 0 Å². The van der Waals surface area contributed by atoms with Crippen molar-refractivity contribution in [1.29, 1.82) is 0 Å². The number of aromatic nitrogens is 4. The highest BCUT2D eigenvalue weighted by atomic mass is 16.5. The number of hydrogen-bond acceptors (Lipinski definition) is 5. The SMILES string of the molecule is c1ccc2c(c1)CCC1(CCN(c3ccc4nncn4n3)C1)O2. The molecule has 0 amide bonds. The molecule has 1 atom stereocenters. The van der Waals surface area contributed by atoms with Gasteiger partial charge in [-0.05, 0) is 36.6 Å². The minimum absolute atomic E-state index is 0.0851. The van der Waals surface area contributed by atoms with Crippen LogP contribution in [0.1, 0.15) is 18.4 Å². The summed E-state index contributed by atoms with van der Waals surface area (Å²) in [6.45, 7) is 1.84. The van der Waals surface area contributed by atoms with Gasteiger partial charge in [-0.1, -0.05) is 18.2 Å². The molecule has 2 aromatic heterocycles. The van der Waals surface area contributed by atoms with E-state index in [0.717, 1.165) is 49.6 Å². The Hall–Kier alpha value is -2.63. The normalized spacial score (nSPS) is 23.2. The fraction of sp³-hybridized carbons (Fsp3) is 0.353. The van der Waals surface area contributed by atoms with Crippen LogP contribution in [0.5, 0.6) is 5.75 Å². The van der Waals surface area contributed by atoms with Crippen LogP contribution in [0.25, 0.3) is 5.65 Å². The number of ether oxygens (including phenoxy) is 1. The van der Waals surface area contributed by atoms with Crippen molar-refractivity contribution in [1.82, 2.24) is 19.8 Å². The molecule has 3 aromatic rings. The molecule has 6 heteroatoms. The van der Waals surface area contributed by atoms with Crippen LogP contribution in [0.3, 0.4) is 0 Å². The average molecular weight is 307 g/mol. The molecule has 1 saturated heterocycles. The van der Waals surface area contributed by atoms with Gasteiger partial charge in [0.25, 0.3) is 0 Å². The van der Waals surface area contributed by atoms with E-state index in [0.29, 0.717) is 0 Å². The second-order valence-corrected chi connectivity index (χ2v) is 6.39. The molecule has 5 rings (SSSR count). The van der Waals surface area contributed by atoms with Crippen LogP contribution in [0.4, 0.5) is 5.82 Å². The fourth-order valence-electron chi connectivity index (χ4n) is 3.67. The lowest BCUT2D eigenvalue weighted by Crippen LogP contribution is -2.42. The smallest absolute Gasteiger partial charge is 0.177 e. The summed E-state index contributed by atoms with van der Waals surface area (Å²) in [5, 5.41) is 12.5. The van der Waals surface area contributed by atoms with Gasteiger partial charge in [0.05, 0.1) is 6.54 Å². The summed E-state index contributed by atoms with van der Waals surface area (Å²) in [6, 6.07) is 12.3. The van der Waals surface area contributed by atoms with Gasteiger partial charge < -0.3 is 9.64 Å². The van der Waals surface area contributed by atoms with Gasteiger partial charge in [0.15, 0.2) is 5.65 Å². The van der Waals surface area contributed by atoms with Crippen LogP contribution < -0.4 is 9.64 Å². The molecule has 0 bridgehead atoms. The van der Waals surface area contributed by atoms with Gasteiger partial charge >= 0.3 is 0 Å². The van der Waals surface area contributed by atoms with Gasteiger partial charge in [-0.15, -0.1) is 15.3 Å². The number of aryl methyl sites for hydroxylation is 1. The second-order valence-electron chi connectivity index (χ2n) is 6.39. The monoisotopic (exact) mass is 307 g/mol. The quantitative estimate of drug-likeness (QED) is 0.689. The second kappa shape index (κ2) is 4.68. The van der Waals surface area contributed by atoms with Crippen LogP contribution >= 0.6 is 0 Å². The van der Waals surface area contributed by atoms with E-state index in [1.165, 1.54) is 5.56 Å². The maximum atomic E-state index is 6.40. The van der Waals surface area contributed by atoms with E-state index in [9.17, 15) is 0 Å². The minimum atomic E-state index is -0.0851. The highest BCUT2D eigenvalue weighted by Gasteiger charge is 2.43. The maximum absolute atomic E-state index is 6.40. The van der Waals surface area contributed by atoms with Crippen molar-refractivity contribution < 1.29 is 4.74 Å². The molecule has 0 radical (unpaired) electrons. The van der Waals surface area contributed by atoms with Gasteiger partial charge in [-0.2, -0.15) is 4.52 Å². The third-order valence-corrected chi connectivity index (χ3v) is 4.94. The molecule has 0 saturated carbocycles. The summed E-state index contributed by atoms with van der Waals surface area (Å²) in [6.07, 6.45) is 4.82. The van der Waals surface area contributed by atoms with Crippen LogP contribution in [-0.4, -0.2) is 38.5 Å². The van der Waals surface area contributed by atoms with E-state index < -0.39 is 0 Å². The van der Waals surface area contributed by atoms with Gasteiger partial charge in [0.2, 0.25) is 0 Å². The number of hydrogen-bond donors (Lipinski definition) is 0. The lowest BCUT2D eigenvalue weighted by molar-refractivity contribution is 0.0682. The Balaban J connectivity index is 1.42. The summed E-state index contributed by atoms with van der Waals surface area (Å²) in [5.41, 5.74) is 2.00. The Morgan fingerprint density at radius 1 is 1.09 bits per heavy atom. The maximum Gasteiger partial charge on any atom is 0.177 e. The molecule has 1 unspecified atom stereocenters. The van der Waals surface area contributed by atoms with E-state index in [-0.39, 0.29) is 5.60 Å². The first-order valence-corrected chi connectivity index (χ1v) is 8.00. The molecule has 4 heterocycles. The number of fused-ring (bicyclic) bond motifs is 2. The molecule has 1 spiro atoms. The lowest BCUT2D eigenvalue weighted by atomic mass is 9.90. The first kappa shape index (κ1) is 12.9. The molecular formula is C17H17N5O. The lowest BCUT2D eigenvalue weighted by Gasteiger charge is -2.35. The van der Waals surface area contributed by atoms with Gasteiger partial charge in [0, 0.05) is 13.0 Å². The molecule has 116 valence electrons. The van der Waals surface area contributed by atoms with E-state index in [1.807, 2.05) is 18.2 Å². The highest BCUT2D eigenvalue weighted by Crippen LogP contribution is 2.39. The summed E-state index contributed by atoms with van der Waals surface area (Å²) >= 11 is 0. The average Bonchev–Trinajstić information content (AvgIpc) is 3.21. The van der Waals surface area contributed by atoms with Crippen LogP contribution in [-0.2, 0) is 6.42 Å². The summed E-state index contributed by atoms with van der Waals surface area (Å²) < 4.78 is 8.12. The molecular weight excluding hydrogens is 290 g/mol. The molecule has 2 aliphatic rings. The van der Waals surface area contributed by atoms with Crippen molar-refractivity contribution in [2.24, 2.45) is 0 Å². The van der Waals surface area contributed by atoms with Gasteiger partial charge in [-0.25, -0.2) is 0 Å². The number of nitrogens with zero attached hydrogens (tertiary/aromatic N) is 5. The predicted molar refractivity (Wildman–Crippen MR) is 85.7 cm³/mol. The number of benzene rings is 1.